The summed E-state index contributed by atoms with van der Waals surface area (Å²) in [5.41, 5.74) is 7.24. The second-order valence-electron chi connectivity index (χ2n) is 11.4. The molecule has 0 radical (unpaired) electrons. The van der Waals surface area contributed by atoms with Crippen molar-refractivity contribution in [2.24, 2.45) is 17.8 Å². The third kappa shape index (κ3) is 3.00. The Hall–Kier alpha value is -1.12. The Bertz CT molecular complexity index is 821. The first-order valence-electron chi connectivity index (χ1n) is 10.8. The lowest BCUT2D eigenvalue weighted by molar-refractivity contribution is 0.475. The SMILES string of the molecule is CC1CC2C=C3C(=CC2C1[Si](C)(C)NC(C)(C)C)c1ccccc1C3(C)C. The quantitative estimate of drug-likeness (QED) is 0.575. The van der Waals surface area contributed by atoms with E-state index in [1.54, 1.807) is 5.57 Å². The van der Waals surface area contributed by atoms with E-state index in [1.165, 1.54) is 23.1 Å². The lowest BCUT2D eigenvalue weighted by atomic mass is 9.76. The minimum absolute atomic E-state index is 0.144. The zero-order valence-electron chi connectivity index (χ0n) is 18.5. The topological polar surface area (TPSA) is 12.0 Å². The van der Waals surface area contributed by atoms with E-state index in [4.69, 9.17) is 0 Å². The van der Waals surface area contributed by atoms with Crippen molar-refractivity contribution in [2.45, 2.75) is 77.6 Å². The van der Waals surface area contributed by atoms with Crippen molar-refractivity contribution in [3.63, 3.8) is 0 Å². The molecule has 0 aliphatic heterocycles. The fourth-order valence-corrected chi connectivity index (χ4v) is 11.8. The molecule has 0 heterocycles. The molecule has 1 aromatic rings. The molecule has 0 amide bonds. The summed E-state index contributed by atoms with van der Waals surface area (Å²) in [7, 11) is -1.57. The number of fused-ring (bicyclic) bond motifs is 4. The van der Waals surface area contributed by atoms with Crippen LogP contribution in [-0.2, 0) is 5.41 Å². The first-order chi connectivity index (χ1) is 12.4. The van der Waals surface area contributed by atoms with Gasteiger partial charge in [-0.2, -0.15) is 0 Å². The molecule has 0 saturated heterocycles. The highest BCUT2D eigenvalue weighted by molar-refractivity contribution is 6.76. The van der Waals surface area contributed by atoms with Crippen LogP contribution in [0.1, 0.15) is 59.1 Å². The standard InChI is InChI=1S/C25H37NSi/c1-16-13-17-14-22-20(18-11-9-10-12-21(18)25(22,5)6)15-19(17)23(16)27(7,8)26-24(2,3)4/h9-12,14-17,19,23,26H,13H2,1-8H3. The summed E-state index contributed by atoms with van der Waals surface area (Å²) in [6.45, 7) is 19.4. The average Bonchev–Trinajstić information content (AvgIpc) is 2.96. The van der Waals surface area contributed by atoms with Crippen LogP contribution in [0.4, 0.5) is 0 Å². The molecule has 4 unspecified atom stereocenters. The maximum absolute atomic E-state index is 4.08. The van der Waals surface area contributed by atoms with Crippen molar-refractivity contribution in [3.8, 4) is 0 Å². The number of hydrogen-bond acceptors (Lipinski definition) is 1. The number of rotatable bonds is 2. The third-order valence-electron chi connectivity index (χ3n) is 7.29. The van der Waals surface area contributed by atoms with Gasteiger partial charge >= 0.3 is 0 Å². The molecule has 4 atom stereocenters. The lowest BCUT2D eigenvalue weighted by Crippen LogP contribution is -2.58. The van der Waals surface area contributed by atoms with Crippen LogP contribution in [0.15, 0.2) is 42.0 Å². The van der Waals surface area contributed by atoms with E-state index in [0.29, 0.717) is 11.8 Å². The summed E-state index contributed by atoms with van der Waals surface area (Å²) < 4.78 is 0. The van der Waals surface area contributed by atoms with Gasteiger partial charge in [0.05, 0.1) is 0 Å². The second kappa shape index (κ2) is 5.94. The Labute approximate surface area is 167 Å². The van der Waals surface area contributed by atoms with Crippen molar-refractivity contribution in [1.82, 2.24) is 4.98 Å². The molecule has 3 aliphatic carbocycles. The zero-order chi connectivity index (χ0) is 19.8. The molecule has 4 rings (SSSR count). The number of benzene rings is 1. The molecule has 146 valence electrons. The van der Waals surface area contributed by atoms with Crippen molar-refractivity contribution >= 4 is 13.8 Å². The van der Waals surface area contributed by atoms with Crippen LogP contribution in [0.5, 0.6) is 0 Å². The van der Waals surface area contributed by atoms with Crippen LogP contribution in [0.3, 0.4) is 0 Å². The molecule has 2 heteroatoms. The van der Waals surface area contributed by atoms with Crippen LogP contribution < -0.4 is 4.98 Å². The van der Waals surface area contributed by atoms with E-state index in [9.17, 15) is 0 Å². The van der Waals surface area contributed by atoms with Gasteiger partial charge in [-0.15, -0.1) is 0 Å². The van der Waals surface area contributed by atoms with Gasteiger partial charge in [-0.05, 0) is 72.8 Å². The summed E-state index contributed by atoms with van der Waals surface area (Å²) in [6, 6.07) is 9.09. The molecular formula is C25H37NSi. The Morgan fingerprint density at radius 2 is 1.74 bits per heavy atom. The largest absolute Gasteiger partial charge is 0.332 e. The van der Waals surface area contributed by atoms with Gasteiger partial charge in [0, 0.05) is 11.0 Å². The van der Waals surface area contributed by atoms with Crippen LogP contribution in [0, 0.1) is 17.8 Å². The zero-order valence-corrected chi connectivity index (χ0v) is 19.5. The highest BCUT2D eigenvalue weighted by Crippen LogP contribution is 2.59. The first-order valence-corrected chi connectivity index (χ1v) is 13.8. The van der Waals surface area contributed by atoms with Crippen molar-refractivity contribution in [3.05, 3.63) is 53.1 Å². The summed E-state index contributed by atoms with van der Waals surface area (Å²) in [5, 5.41) is 0. The minimum Gasteiger partial charge on any atom is -0.332 e. The van der Waals surface area contributed by atoms with Crippen molar-refractivity contribution < 1.29 is 0 Å². The highest BCUT2D eigenvalue weighted by Gasteiger charge is 2.52. The maximum atomic E-state index is 4.08. The lowest BCUT2D eigenvalue weighted by Gasteiger charge is -2.42. The molecule has 1 nitrogen and oxygen atoms in total. The van der Waals surface area contributed by atoms with Gasteiger partial charge in [0.1, 0.15) is 8.24 Å². The molecule has 1 saturated carbocycles. The van der Waals surface area contributed by atoms with Gasteiger partial charge in [0.25, 0.3) is 0 Å². The fraction of sp³-hybridized carbons (Fsp3) is 0.600. The Morgan fingerprint density at radius 1 is 1.07 bits per heavy atom. The van der Waals surface area contributed by atoms with E-state index < -0.39 is 8.24 Å². The normalized spacial score (nSPS) is 31.7. The van der Waals surface area contributed by atoms with Gasteiger partial charge in [-0.1, -0.05) is 70.3 Å². The van der Waals surface area contributed by atoms with Gasteiger partial charge in [0.15, 0.2) is 0 Å². The van der Waals surface area contributed by atoms with E-state index in [-0.39, 0.29) is 11.0 Å². The second-order valence-corrected chi connectivity index (χ2v) is 15.8. The third-order valence-corrected chi connectivity index (χ3v) is 11.3. The summed E-state index contributed by atoms with van der Waals surface area (Å²) in [4.78, 5) is 4.08. The maximum Gasteiger partial charge on any atom is 0.123 e. The van der Waals surface area contributed by atoms with Gasteiger partial charge < -0.3 is 4.98 Å². The van der Waals surface area contributed by atoms with E-state index in [2.05, 4.69) is 96.0 Å². The Balaban J connectivity index is 1.77. The molecule has 0 bridgehead atoms. The van der Waals surface area contributed by atoms with E-state index in [1.807, 2.05) is 0 Å². The number of nitrogens with one attached hydrogen (secondary N) is 1. The monoisotopic (exact) mass is 379 g/mol. The average molecular weight is 380 g/mol. The van der Waals surface area contributed by atoms with Crippen LogP contribution >= 0.6 is 0 Å². The van der Waals surface area contributed by atoms with Crippen LogP contribution in [0.25, 0.3) is 5.57 Å². The molecule has 0 spiro atoms. The predicted octanol–water partition coefficient (Wildman–Crippen LogP) is 6.54. The van der Waals surface area contributed by atoms with Gasteiger partial charge in [-0.3, -0.25) is 0 Å². The van der Waals surface area contributed by atoms with E-state index in [0.717, 1.165) is 11.5 Å². The molecule has 0 aromatic heterocycles. The molecule has 3 aliphatic rings. The Kier molecular flexibility index (Phi) is 4.22. The molecule has 27 heavy (non-hydrogen) atoms. The van der Waals surface area contributed by atoms with Crippen LogP contribution in [-0.4, -0.2) is 13.8 Å². The summed E-state index contributed by atoms with van der Waals surface area (Å²) in [6.07, 6.45) is 6.72. The smallest absolute Gasteiger partial charge is 0.123 e. The van der Waals surface area contributed by atoms with Gasteiger partial charge in [-0.25, -0.2) is 0 Å². The first kappa shape index (κ1) is 19.2. The number of allylic oxidation sites excluding steroid dienone is 4. The van der Waals surface area contributed by atoms with Crippen molar-refractivity contribution in [2.75, 3.05) is 0 Å². The molecule has 1 N–H and O–H groups in total. The molecule has 1 aromatic carbocycles. The van der Waals surface area contributed by atoms with Gasteiger partial charge in [0.2, 0.25) is 0 Å². The molecule has 1 fully saturated rings. The van der Waals surface area contributed by atoms with Crippen molar-refractivity contribution in [1.29, 1.82) is 0 Å². The van der Waals surface area contributed by atoms with Crippen LogP contribution in [0.2, 0.25) is 18.6 Å². The molecular weight excluding hydrogens is 342 g/mol. The predicted molar refractivity (Wildman–Crippen MR) is 120 cm³/mol. The Morgan fingerprint density at radius 3 is 2.41 bits per heavy atom. The van der Waals surface area contributed by atoms with E-state index >= 15 is 0 Å². The fourth-order valence-electron chi connectivity index (χ4n) is 6.80. The number of hydrogen-bond donors (Lipinski definition) is 1. The minimum atomic E-state index is -1.57. The summed E-state index contributed by atoms with van der Waals surface area (Å²) >= 11 is 0. The summed E-state index contributed by atoms with van der Waals surface area (Å²) in [5.74, 6) is 2.20. The highest BCUT2D eigenvalue weighted by atomic mass is 28.3.